The quantitative estimate of drug-likeness (QED) is 0.836. The zero-order valence-electron chi connectivity index (χ0n) is 12.2. The van der Waals surface area contributed by atoms with E-state index in [-0.39, 0.29) is 6.04 Å². The van der Waals surface area contributed by atoms with Gasteiger partial charge in [0.25, 0.3) is 0 Å². The van der Waals surface area contributed by atoms with E-state index in [1.165, 1.54) is 24.1 Å². The van der Waals surface area contributed by atoms with Gasteiger partial charge in [-0.25, -0.2) is 4.99 Å². The zero-order chi connectivity index (χ0) is 13.7. The molecule has 3 nitrogen and oxygen atoms in total. The number of aryl methyl sites for hydroxylation is 1. The second kappa shape index (κ2) is 6.60. The third-order valence-corrected chi connectivity index (χ3v) is 3.10. The molecule has 1 aromatic rings. The summed E-state index contributed by atoms with van der Waals surface area (Å²) in [6.45, 7) is 8.08. The van der Waals surface area contributed by atoms with Crippen LogP contribution < -0.4 is 5.32 Å². The van der Waals surface area contributed by atoms with E-state index in [1.54, 1.807) is 0 Å². The van der Waals surface area contributed by atoms with Gasteiger partial charge in [-0.3, -0.25) is 0 Å². The molecule has 2 heterocycles. The number of hydrogen-bond donors (Lipinski definition) is 1. The van der Waals surface area contributed by atoms with Crippen LogP contribution in [0.5, 0.6) is 0 Å². The number of nitrogens with zero attached hydrogens (tertiary/aromatic N) is 1. The zero-order valence-corrected chi connectivity index (χ0v) is 12.2. The molecule has 0 amide bonds. The van der Waals surface area contributed by atoms with Gasteiger partial charge >= 0.3 is 0 Å². The molecule has 104 valence electrons. The Morgan fingerprint density at radius 3 is 2.84 bits per heavy atom. The maximum Gasteiger partial charge on any atom is 0.218 e. The molecule has 0 aliphatic carbocycles. The highest BCUT2D eigenvalue weighted by Crippen LogP contribution is 2.28. The van der Waals surface area contributed by atoms with Crippen LogP contribution in [0.15, 0.2) is 23.2 Å². The Morgan fingerprint density at radius 2 is 2.16 bits per heavy atom. The van der Waals surface area contributed by atoms with E-state index in [9.17, 15) is 0 Å². The number of aliphatic imine (C=N–C) groups is 1. The highest BCUT2D eigenvalue weighted by molar-refractivity contribution is 6.01. The van der Waals surface area contributed by atoms with Crippen molar-refractivity contribution in [2.45, 2.75) is 46.1 Å². The van der Waals surface area contributed by atoms with Crippen molar-refractivity contribution in [2.75, 3.05) is 18.5 Å². The lowest BCUT2D eigenvalue weighted by Crippen LogP contribution is -2.16. The van der Waals surface area contributed by atoms with E-state index in [1.807, 2.05) is 0 Å². The molecule has 3 heteroatoms. The van der Waals surface area contributed by atoms with Gasteiger partial charge in [0.1, 0.15) is 6.61 Å². The molecule has 0 saturated heterocycles. The second-order valence-corrected chi connectivity index (χ2v) is 5.17. The smallest absolute Gasteiger partial charge is 0.218 e. The van der Waals surface area contributed by atoms with Crippen molar-refractivity contribution in [3.05, 3.63) is 29.3 Å². The van der Waals surface area contributed by atoms with Gasteiger partial charge in [-0.05, 0) is 31.4 Å². The summed E-state index contributed by atoms with van der Waals surface area (Å²) in [4.78, 5) is 4.52. The van der Waals surface area contributed by atoms with Gasteiger partial charge in [0, 0.05) is 6.54 Å². The maximum absolute atomic E-state index is 5.63. The SMILES string of the molecule is CC1COC(c2cccc3c2NCCC3)=N1.CCC. The van der Waals surface area contributed by atoms with E-state index in [2.05, 4.69) is 49.3 Å². The number of nitrogens with one attached hydrogen (secondary N) is 1. The standard InChI is InChI=1S/C13H16N2O.C3H8/c1-9-8-16-13(15-9)11-6-2-4-10-5-3-7-14-12(10)11;1-3-2/h2,4,6,9,14H,3,5,7-8H2,1H3;3H2,1-2H3. The minimum atomic E-state index is 0.287. The van der Waals surface area contributed by atoms with Crippen LogP contribution in [-0.4, -0.2) is 25.1 Å². The van der Waals surface area contributed by atoms with Crippen LogP contribution in [0.2, 0.25) is 0 Å². The Kier molecular flexibility index (Phi) is 4.83. The first-order valence-corrected chi connectivity index (χ1v) is 7.33. The number of ether oxygens (including phenoxy) is 1. The predicted octanol–water partition coefficient (Wildman–Crippen LogP) is 3.63. The van der Waals surface area contributed by atoms with E-state index in [0.29, 0.717) is 6.61 Å². The third kappa shape index (κ3) is 3.28. The van der Waals surface area contributed by atoms with Crippen molar-refractivity contribution in [2.24, 2.45) is 4.99 Å². The fourth-order valence-corrected chi connectivity index (χ4v) is 2.31. The summed E-state index contributed by atoms with van der Waals surface area (Å²) in [5.74, 6) is 0.804. The molecule has 1 unspecified atom stereocenters. The van der Waals surface area contributed by atoms with Gasteiger partial charge in [-0.2, -0.15) is 0 Å². The highest BCUT2D eigenvalue weighted by atomic mass is 16.5. The number of anilines is 1. The summed E-state index contributed by atoms with van der Waals surface area (Å²) in [6, 6.07) is 6.66. The molecule has 1 atom stereocenters. The lowest BCUT2D eigenvalue weighted by atomic mass is 9.99. The molecule has 0 fully saturated rings. The van der Waals surface area contributed by atoms with E-state index in [0.717, 1.165) is 24.4 Å². The average molecular weight is 260 g/mol. The van der Waals surface area contributed by atoms with Crippen LogP contribution in [-0.2, 0) is 11.2 Å². The van der Waals surface area contributed by atoms with Gasteiger partial charge in [0.05, 0.1) is 17.3 Å². The summed E-state index contributed by atoms with van der Waals surface area (Å²) in [5, 5.41) is 3.46. The van der Waals surface area contributed by atoms with Crippen molar-refractivity contribution >= 4 is 11.6 Å². The van der Waals surface area contributed by atoms with Crippen LogP contribution >= 0.6 is 0 Å². The minimum Gasteiger partial charge on any atom is -0.475 e. The Balaban J connectivity index is 0.000000408. The van der Waals surface area contributed by atoms with Gasteiger partial charge in [-0.1, -0.05) is 32.4 Å². The van der Waals surface area contributed by atoms with Gasteiger partial charge in [-0.15, -0.1) is 0 Å². The van der Waals surface area contributed by atoms with Crippen LogP contribution in [0.25, 0.3) is 0 Å². The average Bonchev–Trinajstić information content (AvgIpc) is 2.85. The molecule has 0 spiro atoms. The molecule has 0 saturated carbocycles. The van der Waals surface area contributed by atoms with Crippen molar-refractivity contribution in [1.29, 1.82) is 0 Å². The van der Waals surface area contributed by atoms with Gasteiger partial charge < -0.3 is 10.1 Å². The first-order valence-electron chi connectivity index (χ1n) is 7.33. The number of benzene rings is 1. The predicted molar refractivity (Wildman–Crippen MR) is 81.2 cm³/mol. The van der Waals surface area contributed by atoms with Crippen LogP contribution in [0.1, 0.15) is 44.7 Å². The summed E-state index contributed by atoms with van der Waals surface area (Å²) < 4.78 is 5.63. The Morgan fingerprint density at radius 1 is 1.37 bits per heavy atom. The van der Waals surface area contributed by atoms with Crippen LogP contribution in [0.4, 0.5) is 5.69 Å². The van der Waals surface area contributed by atoms with E-state index < -0.39 is 0 Å². The Hall–Kier alpha value is -1.51. The number of hydrogen-bond acceptors (Lipinski definition) is 3. The number of para-hydroxylation sites is 1. The third-order valence-electron chi connectivity index (χ3n) is 3.10. The summed E-state index contributed by atoms with van der Waals surface area (Å²) in [5.41, 5.74) is 3.73. The largest absolute Gasteiger partial charge is 0.475 e. The monoisotopic (exact) mass is 260 g/mol. The lowest BCUT2D eigenvalue weighted by molar-refractivity contribution is 0.324. The van der Waals surface area contributed by atoms with E-state index in [4.69, 9.17) is 4.74 Å². The maximum atomic E-state index is 5.63. The molecule has 1 aromatic carbocycles. The molecule has 19 heavy (non-hydrogen) atoms. The van der Waals surface area contributed by atoms with Crippen molar-refractivity contribution < 1.29 is 4.74 Å². The Labute approximate surface area is 116 Å². The number of rotatable bonds is 1. The summed E-state index contributed by atoms with van der Waals surface area (Å²) >= 11 is 0. The van der Waals surface area contributed by atoms with Crippen molar-refractivity contribution in [3.63, 3.8) is 0 Å². The molecule has 2 aliphatic heterocycles. The molecule has 1 N–H and O–H groups in total. The van der Waals surface area contributed by atoms with Gasteiger partial charge in [0.15, 0.2) is 0 Å². The second-order valence-electron chi connectivity index (χ2n) is 5.17. The molecule has 0 bridgehead atoms. The van der Waals surface area contributed by atoms with Gasteiger partial charge in [0.2, 0.25) is 5.90 Å². The fraction of sp³-hybridized carbons (Fsp3) is 0.562. The molecule has 3 rings (SSSR count). The first kappa shape index (κ1) is 13.9. The number of fused-ring (bicyclic) bond motifs is 1. The van der Waals surface area contributed by atoms with Crippen LogP contribution in [0, 0.1) is 0 Å². The lowest BCUT2D eigenvalue weighted by Gasteiger charge is -2.20. The van der Waals surface area contributed by atoms with Crippen molar-refractivity contribution in [1.82, 2.24) is 0 Å². The summed E-state index contributed by atoms with van der Waals surface area (Å²) in [7, 11) is 0. The van der Waals surface area contributed by atoms with Crippen molar-refractivity contribution in [3.8, 4) is 0 Å². The summed E-state index contributed by atoms with van der Waals surface area (Å²) in [6.07, 6.45) is 3.61. The minimum absolute atomic E-state index is 0.287. The molecular weight excluding hydrogens is 236 g/mol. The Bertz CT molecular complexity index is 454. The molecular formula is C16H24N2O. The first-order chi connectivity index (χ1) is 9.26. The van der Waals surface area contributed by atoms with E-state index >= 15 is 0 Å². The van der Waals surface area contributed by atoms with Crippen LogP contribution in [0.3, 0.4) is 0 Å². The normalized spacial score (nSPS) is 20.4. The topological polar surface area (TPSA) is 33.6 Å². The molecule has 0 aromatic heterocycles. The fourth-order valence-electron chi connectivity index (χ4n) is 2.31. The highest BCUT2D eigenvalue weighted by Gasteiger charge is 2.21. The molecule has 2 aliphatic rings. The molecule has 0 radical (unpaired) electrons.